The Kier molecular flexibility index (Phi) is 6.40. The van der Waals surface area contributed by atoms with Gasteiger partial charge < -0.3 is 15.0 Å². The molecule has 2 unspecified atom stereocenters. The van der Waals surface area contributed by atoms with Crippen molar-refractivity contribution in [2.24, 2.45) is 5.92 Å². The predicted octanol–water partition coefficient (Wildman–Crippen LogP) is 3.43. The molecule has 1 aliphatic carbocycles. The molecule has 0 saturated carbocycles. The number of aromatic nitrogens is 3. The van der Waals surface area contributed by atoms with Crippen molar-refractivity contribution in [2.75, 3.05) is 37.6 Å². The molecule has 3 aromatic rings. The van der Waals surface area contributed by atoms with E-state index in [9.17, 15) is 23.1 Å². The zero-order valence-electron chi connectivity index (χ0n) is 19.4. The Hall–Kier alpha value is -3.50. The van der Waals surface area contributed by atoms with Crippen LogP contribution in [0.5, 0.6) is 0 Å². The summed E-state index contributed by atoms with van der Waals surface area (Å²) in [4.78, 5) is 27.9. The molecule has 1 aliphatic heterocycles. The van der Waals surface area contributed by atoms with E-state index < -0.39 is 17.7 Å². The molecule has 1 saturated heterocycles. The molecule has 2 atom stereocenters. The quantitative estimate of drug-likeness (QED) is 0.508. The van der Waals surface area contributed by atoms with Crippen molar-refractivity contribution >= 4 is 18.2 Å². The molecule has 188 valence electrons. The average molecular weight is 498 g/mol. The van der Waals surface area contributed by atoms with Gasteiger partial charge in [-0.05, 0) is 23.8 Å². The molecule has 0 radical (unpaired) electrons. The van der Waals surface area contributed by atoms with E-state index in [1.807, 2.05) is 18.2 Å². The molecular formula is C26H26F3N5O2. The summed E-state index contributed by atoms with van der Waals surface area (Å²) in [5, 5.41) is 10.9. The summed E-state index contributed by atoms with van der Waals surface area (Å²) in [5.74, 6) is -0.237. The topological polar surface area (TPSA) is 85.4 Å². The maximum absolute atomic E-state index is 13.1. The van der Waals surface area contributed by atoms with Crippen molar-refractivity contribution in [3.8, 4) is 11.4 Å². The molecule has 5 rings (SSSR count). The number of fused-ring (bicyclic) bond motifs is 1. The smallest absolute Gasteiger partial charge is 0.376 e. The van der Waals surface area contributed by atoms with Crippen LogP contribution in [-0.4, -0.2) is 70.1 Å². The van der Waals surface area contributed by atoms with Crippen molar-refractivity contribution in [2.45, 2.75) is 18.2 Å². The van der Waals surface area contributed by atoms with Gasteiger partial charge in [-0.2, -0.15) is 13.2 Å². The van der Waals surface area contributed by atoms with Crippen molar-refractivity contribution in [1.29, 1.82) is 0 Å². The second-order valence-electron chi connectivity index (χ2n) is 9.24. The fraction of sp³-hybridized carbons (Fsp3) is 0.346. The van der Waals surface area contributed by atoms with E-state index in [1.54, 1.807) is 30.5 Å². The number of halogens is 3. The number of piperazine rings is 1. The van der Waals surface area contributed by atoms with Gasteiger partial charge in [-0.25, -0.2) is 9.97 Å². The minimum Gasteiger partial charge on any atom is -0.376 e. The van der Waals surface area contributed by atoms with Crippen LogP contribution in [0, 0.1) is 5.92 Å². The van der Waals surface area contributed by atoms with Gasteiger partial charge in [-0.3, -0.25) is 9.69 Å². The lowest BCUT2D eigenvalue weighted by Crippen LogP contribution is -2.51. The Morgan fingerprint density at radius 3 is 2.47 bits per heavy atom. The maximum Gasteiger partial charge on any atom is 0.395 e. The lowest BCUT2D eigenvalue weighted by molar-refractivity contribution is -0.160. The maximum atomic E-state index is 13.1. The van der Waals surface area contributed by atoms with Crippen LogP contribution >= 0.6 is 0 Å². The van der Waals surface area contributed by atoms with Crippen LogP contribution in [0.3, 0.4) is 0 Å². The minimum atomic E-state index is -4.28. The molecule has 0 spiro atoms. The Morgan fingerprint density at radius 2 is 1.83 bits per heavy atom. The number of carbonyl (C=O) groups excluding carboxylic acids is 1. The van der Waals surface area contributed by atoms with E-state index in [-0.39, 0.29) is 13.0 Å². The van der Waals surface area contributed by atoms with Crippen LogP contribution in [0.2, 0.25) is 0 Å². The first-order valence-electron chi connectivity index (χ1n) is 11.8. The summed E-state index contributed by atoms with van der Waals surface area (Å²) in [6.45, 7) is 2.88. The van der Waals surface area contributed by atoms with Gasteiger partial charge in [0, 0.05) is 56.6 Å². The highest BCUT2D eigenvalue weighted by molar-refractivity contribution is 5.66. The molecule has 0 amide bonds. The number of pyridine rings is 1. The Balaban J connectivity index is 1.21. The Labute approximate surface area is 206 Å². The van der Waals surface area contributed by atoms with Gasteiger partial charge >= 0.3 is 6.18 Å². The van der Waals surface area contributed by atoms with Gasteiger partial charge in [0.15, 0.2) is 11.9 Å². The molecule has 36 heavy (non-hydrogen) atoms. The SMILES string of the molecule is O=CC(O)(CN1CCN(c2ccc(-c3nc4c([nH]3)CC(C(F)(F)F)C=C4)cn2)CC1)c1ccccc1. The zero-order valence-corrected chi connectivity index (χ0v) is 19.4. The fourth-order valence-electron chi connectivity index (χ4n) is 4.69. The minimum absolute atomic E-state index is 0.151. The van der Waals surface area contributed by atoms with Crippen LogP contribution in [-0.2, 0) is 16.8 Å². The third-order valence-corrected chi connectivity index (χ3v) is 6.79. The van der Waals surface area contributed by atoms with E-state index in [0.29, 0.717) is 60.8 Å². The van der Waals surface area contributed by atoms with Gasteiger partial charge in [-0.1, -0.05) is 36.4 Å². The van der Waals surface area contributed by atoms with Crippen LogP contribution in [0.1, 0.15) is 17.0 Å². The number of hydrogen-bond acceptors (Lipinski definition) is 6. The Bertz CT molecular complexity index is 1230. The van der Waals surface area contributed by atoms with Crippen molar-refractivity contribution in [1.82, 2.24) is 19.9 Å². The Morgan fingerprint density at radius 1 is 1.08 bits per heavy atom. The number of benzene rings is 1. The van der Waals surface area contributed by atoms with Crippen molar-refractivity contribution < 1.29 is 23.1 Å². The largest absolute Gasteiger partial charge is 0.395 e. The highest BCUT2D eigenvalue weighted by atomic mass is 19.4. The van der Waals surface area contributed by atoms with E-state index in [2.05, 4.69) is 24.8 Å². The summed E-state index contributed by atoms with van der Waals surface area (Å²) < 4.78 is 39.2. The monoisotopic (exact) mass is 497 g/mol. The molecule has 2 aliphatic rings. The van der Waals surface area contributed by atoms with Crippen LogP contribution in [0.25, 0.3) is 17.5 Å². The lowest BCUT2D eigenvalue weighted by atomic mass is 9.94. The number of nitrogens with zero attached hydrogens (tertiary/aromatic N) is 4. The molecule has 2 N–H and O–H groups in total. The number of carbonyl (C=O) groups is 1. The van der Waals surface area contributed by atoms with E-state index >= 15 is 0 Å². The second kappa shape index (κ2) is 9.51. The second-order valence-corrected chi connectivity index (χ2v) is 9.24. The molecule has 3 heterocycles. The summed E-state index contributed by atoms with van der Waals surface area (Å²) >= 11 is 0. The summed E-state index contributed by atoms with van der Waals surface area (Å²) in [6.07, 6.45) is 0.408. The van der Waals surface area contributed by atoms with Gasteiger partial charge in [0.05, 0.1) is 11.6 Å². The van der Waals surface area contributed by atoms with Crippen LogP contribution < -0.4 is 4.90 Å². The third kappa shape index (κ3) is 4.91. The summed E-state index contributed by atoms with van der Waals surface area (Å²) in [6, 6.07) is 12.6. The molecule has 2 aromatic heterocycles. The van der Waals surface area contributed by atoms with Gasteiger partial charge in [0.25, 0.3) is 0 Å². The summed E-state index contributed by atoms with van der Waals surface area (Å²) in [7, 11) is 0. The first-order valence-corrected chi connectivity index (χ1v) is 11.8. The number of aldehydes is 1. The number of hydrogen-bond donors (Lipinski definition) is 2. The molecule has 10 heteroatoms. The predicted molar refractivity (Wildman–Crippen MR) is 129 cm³/mol. The highest BCUT2D eigenvalue weighted by Crippen LogP contribution is 2.35. The van der Waals surface area contributed by atoms with Gasteiger partial charge in [0.1, 0.15) is 11.6 Å². The number of β-amino-alcohol motifs (C(OH)–C–C–N with tert-alkyl or cyclic N) is 1. The standard InChI is InChI=1S/C26H26F3N5O2/c27-26(28,29)20-7-8-21-22(14-20)32-24(31-21)18-6-9-23(30-15-18)34-12-10-33(11-13-34)16-25(36,17-35)19-4-2-1-3-5-19/h1-9,15,17,20,36H,10-14,16H2,(H,31,32). The number of aromatic amines is 1. The number of anilines is 1. The molecule has 0 bridgehead atoms. The summed E-state index contributed by atoms with van der Waals surface area (Å²) in [5.41, 5.74) is 0.713. The third-order valence-electron chi connectivity index (χ3n) is 6.79. The van der Waals surface area contributed by atoms with E-state index in [0.717, 1.165) is 11.9 Å². The van der Waals surface area contributed by atoms with Gasteiger partial charge in [0.2, 0.25) is 0 Å². The zero-order chi connectivity index (χ0) is 25.3. The van der Waals surface area contributed by atoms with E-state index in [4.69, 9.17) is 0 Å². The molecule has 1 fully saturated rings. The lowest BCUT2D eigenvalue weighted by Gasteiger charge is -2.38. The molecule has 7 nitrogen and oxygen atoms in total. The van der Waals surface area contributed by atoms with Crippen molar-refractivity contribution in [3.05, 3.63) is 71.7 Å². The number of imidazole rings is 1. The number of allylic oxidation sites excluding steroid dienone is 1. The first-order chi connectivity index (χ1) is 17.2. The number of aliphatic hydroxyl groups is 1. The van der Waals surface area contributed by atoms with Crippen LogP contribution in [0.15, 0.2) is 54.7 Å². The van der Waals surface area contributed by atoms with Gasteiger partial charge in [-0.15, -0.1) is 0 Å². The average Bonchev–Trinajstić information content (AvgIpc) is 3.33. The first kappa shape index (κ1) is 24.2. The van der Waals surface area contributed by atoms with Crippen molar-refractivity contribution in [3.63, 3.8) is 0 Å². The molecular weight excluding hydrogens is 471 g/mol. The number of alkyl halides is 3. The molecule has 1 aromatic carbocycles. The number of rotatable bonds is 6. The fourth-order valence-corrected chi connectivity index (χ4v) is 4.69. The normalized spacial score (nSPS) is 20.1. The number of nitrogens with one attached hydrogen (secondary N) is 1. The number of H-pyrrole nitrogens is 1. The van der Waals surface area contributed by atoms with E-state index in [1.165, 1.54) is 6.08 Å². The highest BCUT2D eigenvalue weighted by Gasteiger charge is 2.40. The van der Waals surface area contributed by atoms with Crippen LogP contribution in [0.4, 0.5) is 19.0 Å².